The summed E-state index contributed by atoms with van der Waals surface area (Å²) in [5, 5.41) is 19.3. The van der Waals surface area contributed by atoms with Gasteiger partial charge in [0.25, 0.3) is 5.69 Å². The van der Waals surface area contributed by atoms with Crippen molar-refractivity contribution in [1.29, 1.82) is 0 Å². The van der Waals surface area contributed by atoms with Crippen molar-refractivity contribution in [3.8, 4) is 17.1 Å². The van der Waals surface area contributed by atoms with Gasteiger partial charge in [0.2, 0.25) is 5.95 Å². The van der Waals surface area contributed by atoms with E-state index in [4.69, 9.17) is 9.84 Å². The fourth-order valence-corrected chi connectivity index (χ4v) is 4.22. The van der Waals surface area contributed by atoms with Crippen LogP contribution in [0, 0.1) is 10.1 Å². The Balaban J connectivity index is 1.70. The van der Waals surface area contributed by atoms with Crippen molar-refractivity contribution < 1.29 is 14.5 Å². The Morgan fingerprint density at radius 3 is 2.84 bits per heavy atom. The first-order chi connectivity index (χ1) is 15.1. The van der Waals surface area contributed by atoms with Gasteiger partial charge in [-0.1, -0.05) is 24.3 Å². The maximum Gasteiger partial charge on any atom is 0.269 e. The molecule has 9 nitrogen and oxygen atoms in total. The number of rotatable bonds is 4. The molecule has 0 saturated heterocycles. The number of nitro groups is 1. The summed E-state index contributed by atoms with van der Waals surface area (Å²) in [7, 11) is 1.58. The first-order valence-electron chi connectivity index (χ1n) is 9.94. The minimum absolute atomic E-state index is 0.0187. The van der Waals surface area contributed by atoms with E-state index in [0.29, 0.717) is 41.5 Å². The molecule has 0 saturated carbocycles. The molecule has 5 rings (SSSR count). The Morgan fingerprint density at radius 2 is 2.03 bits per heavy atom. The number of carbonyl (C=O) groups excluding carboxylic acids is 1. The first kappa shape index (κ1) is 19.0. The van der Waals surface area contributed by atoms with Crippen LogP contribution >= 0.6 is 0 Å². The number of nitrogens with zero attached hydrogens (tertiary/aromatic N) is 4. The SMILES string of the molecule is COc1ccccc1-c1nc2n(n1)C(c1cccc([N+](=O)[O-])c1)C1=C(CCCC1=O)N2. The highest BCUT2D eigenvalue weighted by Gasteiger charge is 2.37. The molecular weight excluding hydrogens is 398 g/mol. The lowest BCUT2D eigenvalue weighted by Gasteiger charge is -2.32. The molecule has 1 aliphatic heterocycles. The van der Waals surface area contributed by atoms with Gasteiger partial charge in [0.15, 0.2) is 11.6 Å². The van der Waals surface area contributed by atoms with Gasteiger partial charge < -0.3 is 10.1 Å². The Hall–Kier alpha value is -4.01. The standard InChI is InChI=1S/C22H19N5O4/c1-31-18-11-3-2-8-15(18)21-24-22-23-16-9-5-10-17(28)19(16)20(26(22)25-21)13-6-4-7-14(12-13)27(29)30/h2-4,6-8,11-12,20H,5,9-10H2,1H3,(H,23,24,25). The summed E-state index contributed by atoms with van der Waals surface area (Å²) >= 11 is 0. The van der Waals surface area contributed by atoms with Crippen LogP contribution in [0.2, 0.25) is 0 Å². The minimum Gasteiger partial charge on any atom is -0.496 e. The number of hydrogen-bond donors (Lipinski definition) is 1. The van der Waals surface area contributed by atoms with Gasteiger partial charge in [-0.3, -0.25) is 14.9 Å². The predicted octanol–water partition coefficient (Wildman–Crippen LogP) is 3.88. The van der Waals surface area contributed by atoms with Crippen LogP contribution < -0.4 is 10.1 Å². The number of Topliss-reactive ketones (excluding diaryl/α,β-unsaturated/α-hetero) is 1. The van der Waals surface area contributed by atoms with Crippen LogP contribution in [0.25, 0.3) is 11.4 Å². The highest BCUT2D eigenvalue weighted by molar-refractivity contribution is 5.99. The fraction of sp³-hybridized carbons (Fsp3) is 0.227. The van der Waals surface area contributed by atoms with E-state index in [1.807, 2.05) is 24.3 Å². The second-order valence-corrected chi connectivity index (χ2v) is 7.45. The quantitative estimate of drug-likeness (QED) is 0.506. The second kappa shape index (κ2) is 7.35. The lowest BCUT2D eigenvalue weighted by Crippen LogP contribution is -2.31. The van der Waals surface area contributed by atoms with E-state index in [0.717, 1.165) is 17.7 Å². The Kier molecular flexibility index (Phi) is 4.50. The van der Waals surface area contributed by atoms with Gasteiger partial charge in [-0.2, -0.15) is 4.98 Å². The number of benzene rings is 2. The van der Waals surface area contributed by atoms with E-state index in [-0.39, 0.29) is 11.5 Å². The molecule has 0 bridgehead atoms. The normalized spacial score (nSPS) is 17.6. The summed E-state index contributed by atoms with van der Waals surface area (Å²) < 4.78 is 7.09. The molecule has 31 heavy (non-hydrogen) atoms. The molecule has 1 unspecified atom stereocenters. The number of carbonyl (C=O) groups is 1. The Morgan fingerprint density at radius 1 is 1.19 bits per heavy atom. The molecule has 1 N–H and O–H groups in total. The highest BCUT2D eigenvalue weighted by atomic mass is 16.6. The number of fused-ring (bicyclic) bond motifs is 1. The number of nitrogens with one attached hydrogen (secondary N) is 1. The monoisotopic (exact) mass is 417 g/mol. The van der Waals surface area contributed by atoms with Crippen molar-refractivity contribution in [2.45, 2.75) is 25.3 Å². The summed E-state index contributed by atoms with van der Waals surface area (Å²) in [5.41, 5.74) is 2.70. The maximum atomic E-state index is 12.9. The third-order valence-electron chi connectivity index (χ3n) is 5.61. The number of methoxy groups -OCH3 is 1. The average Bonchev–Trinajstić information content (AvgIpc) is 3.21. The number of para-hydroxylation sites is 1. The highest BCUT2D eigenvalue weighted by Crippen LogP contribution is 2.41. The van der Waals surface area contributed by atoms with Crippen molar-refractivity contribution in [3.05, 3.63) is 75.5 Å². The van der Waals surface area contributed by atoms with Gasteiger partial charge in [0.1, 0.15) is 11.8 Å². The van der Waals surface area contributed by atoms with E-state index in [1.54, 1.807) is 23.9 Å². The van der Waals surface area contributed by atoms with E-state index >= 15 is 0 Å². The Bertz CT molecular complexity index is 1250. The zero-order valence-electron chi connectivity index (χ0n) is 16.7. The molecule has 0 amide bonds. The molecule has 9 heteroatoms. The molecule has 0 radical (unpaired) electrons. The lowest BCUT2D eigenvalue weighted by atomic mass is 9.85. The molecule has 1 atom stereocenters. The van der Waals surface area contributed by atoms with Crippen molar-refractivity contribution in [1.82, 2.24) is 14.8 Å². The van der Waals surface area contributed by atoms with Gasteiger partial charge in [0, 0.05) is 29.8 Å². The molecular formula is C22H19N5O4. The summed E-state index contributed by atoms with van der Waals surface area (Å²) in [6.45, 7) is 0. The van der Waals surface area contributed by atoms with Gasteiger partial charge in [0.05, 0.1) is 17.6 Å². The lowest BCUT2D eigenvalue weighted by molar-refractivity contribution is -0.384. The van der Waals surface area contributed by atoms with E-state index in [9.17, 15) is 14.9 Å². The van der Waals surface area contributed by atoms with Crippen molar-refractivity contribution in [2.24, 2.45) is 0 Å². The third kappa shape index (κ3) is 3.14. The predicted molar refractivity (Wildman–Crippen MR) is 113 cm³/mol. The molecule has 1 aromatic heterocycles. The van der Waals surface area contributed by atoms with E-state index in [2.05, 4.69) is 10.3 Å². The molecule has 1 aliphatic carbocycles. The maximum absolute atomic E-state index is 12.9. The number of ether oxygens (including phenoxy) is 1. The molecule has 2 heterocycles. The number of anilines is 1. The van der Waals surface area contributed by atoms with Gasteiger partial charge in [-0.05, 0) is 30.5 Å². The molecule has 0 spiro atoms. The molecule has 2 aliphatic rings. The van der Waals surface area contributed by atoms with Gasteiger partial charge >= 0.3 is 0 Å². The molecule has 3 aromatic rings. The van der Waals surface area contributed by atoms with Crippen LogP contribution in [0.4, 0.5) is 11.6 Å². The van der Waals surface area contributed by atoms with Crippen LogP contribution in [0.1, 0.15) is 30.9 Å². The number of allylic oxidation sites excluding steroid dienone is 2. The summed E-state index contributed by atoms with van der Waals surface area (Å²) in [6.07, 6.45) is 1.90. The number of hydrogen-bond acceptors (Lipinski definition) is 7. The first-order valence-corrected chi connectivity index (χ1v) is 9.94. The Labute approximate surface area is 177 Å². The van der Waals surface area contributed by atoms with Crippen LogP contribution in [0.3, 0.4) is 0 Å². The summed E-state index contributed by atoms with van der Waals surface area (Å²) in [5.74, 6) is 1.59. The van der Waals surface area contributed by atoms with Crippen LogP contribution in [-0.4, -0.2) is 32.6 Å². The summed E-state index contributed by atoms with van der Waals surface area (Å²) in [4.78, 5) is 28.5. The van der Waals surface area contributed by atoms with Crippen LogP contribution in [0.5, 0.6) is 5.75 Å². The van der Waals surface area contributed by atoms with Crippen molar-refractivity contribution >= 4 is 17.4 Å². The van der Waals surface area contributed by atoms with Crippen LogP contribution in [-0.2, 0) is 4.79 Å². The number of aromatic nitrogens is 3. The fourth-order valence-electron chi connectivity index (χ4n) is 4.22. The largest absolute Gasteiger partial charge is 0.496 e. The van der Waals surface area contributed by atoms with E-state index < -0.39 is 11.0 Å². The van der Waals surface area contributed by atoms with Gasteiger partial charge in [-0.25, -0.2) is 4.68 Å². The smallest absolute Gasteiger partial charge is 0.269 e. The van der Waals surface area contributed by atoms with Crippen LogP contribution in [0.15, 0.2) is 59.8 Å². The zero-order valence-corrected chi connectivity index (χ0v) is 16.7. The minimum atomic E-state index is -0.588. The van der Waals surface area contributed by atoms with E-state index in [1.165, 1.54) is 12.1 Å². The molecule has 156 valence electrons. The molecule has 0 fully saturated rings. The zero-order chi connectivity index (χ0) is 21.5. The van der Waals surface area contributed by atoms with Gasteiger partial charge in [-0.15, -0.1) is 5.10 Å². The number of ketones is 1. The average molecular weight is 417 g/mol. The third-order valence-corrected chi connectivity index (χ3v) is 5.61. The van der Waals surface area contributed by atoms with Crippen molar-refractivity contribution in [2.75, 3.05) is 12.4 Å². The second-order valence-electron chi connectivity index (χ2n) is 7.45. The van der Waals surface area contributed by atoms with Crippen molar-refractivity contribution in [3.63, 3.8) is 0 Å². The number of nitro benzene ring substituents is 1. The molecule has 2 aromatic carbocycles. The number of non-ortho nitro benzene ring substituents is 1. The summed E-state index contributed by atoms with van der Waals surface area (Å²) in [6, 6.07) is 13.2. The topological polar surface area (TPSA) is 112 Å².